The van der Waals surface area contributed by atoms with Gasteiger partial charge in [0.05, 0.1) is 25.3 Å². The molecule has 1 atom stereocenters. The number of benzene rings is 1. The number of rotatable bonds is 7. The Labute approximate surface area is 146 Å². The first kappa shape index (κ1) is 18.6. The smallest absolute Gasteiger partial charge is 0.262 e. The number of carbonyl (C=O) groups is 3. The minimum atomic E-state index is -0.694. The largest absolute Gasteiger partial charge is 0.477 e. The normalized spacial score (nSPS) is 15.6. The molecule has 2 rings (SSSR count). The highest BCUT2D eigenvalue weighted by Crippen LogP contribution is 2.32. The van der Waals surface area contributed by atoms with Gasteiger partial charge in [-0.15, -0.1) is 0 Å². The summed E-state index contributed by atoms with van der Waals surface area (Å²) in [7, 11) is 1.54. The summed E-state index contributed by atoms with van der Waals surface area (Å²) in [5.41, 5.74) is 0.744. The molecule has 0 saturated heterocycles. The molecule has 1 aliphatic rings. The Morgan fingerprint density at radius 1 is 1.20 bits per heavy atom. The maximum atomic E-state index is 12.2. The average Bonchev–Trinajstić information content (AvgIpc) is 2.63. The summed E-state index contributed by atoms with van der Waals surface area (Å²) in [5, 5.41) is 7.84. The van der Waals surface area contributed by atoms with E-state index in [0.717, 1.165) is 12.1 Å². The molecule has 0 aliphatic carbocycles. The van der Waals surface area contributed by atoms with Crippen LogP contribution in [0.1, 0.15) is 13.3 Å². The van der Waals surface area contributed by atoms with E-state index in [1.165, 1.54) is 7.05 Å². The van der Waals surface area contributed by atoms with Gasteiger partial charge >= 0.3 is 0 Å². The Hall–Kier alpha value is -2.77. The highest BCUT2D eigenvalue weighted by molar-refractivity contribution is 5.88. The Balaban J connectivity index is 1.98. The number of likely N-dealkylation sites (N-methyl/N-ethyl adjacent to an activating group) is 1. The number of nitrogens with zero attached hydrogens (tertiary/aromatic N) is 1. The lowest BCUT2D eigenvalue weighted by Crippen LogP contribution is -2.51. The van der Waals surface area contributed by atoms with Gasteiger partial charge in [-0.05, 0) is 18.6 Å². The summed E-state index contributed by atoms with van der Waals surface area (Å²) in [6.45, 7) is 2.77. The second kappa shape index (κ2) is 8.91. The van der Waals surface area contributed by atoms with Crippen LogP contribution in [0.4, 0.5) is 5.69 Å². The number of nitrogens with one attached hydrogen (secondary N) is 3. The van der Waals surface area contributed by atoms with Crippen LogP contribution in [0, 0.1) is 0 Å². The van der Waals surface area contributed by atoms with Gasteiger partial charge in [0.25, 0.3) is 5.91 Å². The highest BCUT2D eigenvalue weighted by Gasteiger charge is 2.30. The van der Waals surface area contributed by atoms with E-state index >= 15 is 0 Å². The molecule has 3 amide bonds. The molecule has 0 spiro atoms. The quantitative estimate of drug-likeness (QED) is 0.625. The lowest BCUT2D eigenvalue weighted by Gasteiger charge is -2.34. The molecule has 1 aromatic carbocycles. The van der Waals surface area contributed by atoms with Gasteiger partial charge in [-0.3, -0.25) is 14.4 Å². The van der Waals surface area contributed by atoms with E-state index in [-0.39, 0.29) is 37.4 Å². The van der Waals surface area contributed by atoms with Crippen LogP contribution in [-0.2, 0) is 14.4 Å². The second-order valence-electron chi connectivity index (χ2n) is 5.70. The fourth-order valence-electron chi connectivity index (χ4n) is 2.49. The first-order valence-electron chi connectivity index (χ1n) is 8.30. The molecule has 0 radical (unpaired) electrons. The van der Waals surface area contributed by atoms with Crippen molar-refractivity contribution >= 4 is 23.4 Å². The van der Waals surface area contributed by atoms with Crippen molar-refractivity contribution in [1.82, 2.24) is 16.0 Å². The number of anilines is 1. The van der Waals surface area contributed by atoms with Gasteiger partial charge in [-0.1, -0.05) is 19.1 Å². The SMILES string of the molecule is CCCNC(=O)CNC(=O)CN1C[C@H](C(=O)NC)Oc2ccccc21. The topological polar surface area (TPSA) is 99.8 Å². The minimum Gasteiger partial charge on any atom is -0.477 e. The van der Waals surface area contributed by atoms with E-state index in [0.29, 0.717) is 12.3 Å². The van der Waals surface area contributed by atoms with Gasteiger partial charge < -0.3 is 25.6 Å². The van der Waals surface area contributed by atoms with Crippen LogP contribution in [0.15, 0.2) is 24.3 Å². The van der Waals surface area contributed by atoms with E-state index < -0.39 is 6.10 Å². The van der Waals surface area contributed by atoms with Crippen molar-refractivity contribution in [3.63, 3.8) is 0 Å². The molecule has 3 N–H and O–H groups in total. The monoisotopic (exact) mass is 348 g/mol. The van der Waals surface area contributed by atoms with Crippen LogP contribution >= 0.6 is 0 Å². The maximum absolute atomic E-state index is 12.2. The molecule has 0 bridgehead atoms. The van der Waals surface area contributed by atoms with Crippen molar-refractivity contribution in [3.8, 4) is 5.75 Å². The van der Waals surface area contributed by atoms with Crippen LogP contribution in [0.3, 0.4) is 0 Å². The van der Waals surface area contributed by atoms with Gasteiger partial charge in [0.15, 0.2) is 6.10 Å². The third-order valence-electron chi connectivity index (χ3n) is 3.75. The van der Waals surface area contributed by atoms with E-state index in [2.05, 4.69) is 16.0 Å². The van der Waals surface area contributed by atoms with Crippen molar-refractivity contribution < 1.29 is 19.1 Å². The zero-order valence-electron chi connectivity index (χ0n) is 14.5. The highest BCUT2D eigenvalue weighted by atomic mass is 16.5. The standard InChI is InChI=1S/C17H24N4O4/c1-3-8-19-15(22)9-20-16(23)11-21-10-14(17(24)18-2)25-13-7-5-4-6-12(13)21/h4-7,14H,3,8-11H2,1-2H3,(H,18,24)(H,19,22)(H,20,23)/t14-/m1/s1. The summed E-state index contributed by atoms with van der Waals surface area (Å²) in [6, 6.07) is 7.23. The fourth-order valence-corrected chi connectivity index (χ4v) is 2.49. The third kappa shape index (κ3) is 5.10. The summed E-state index contributed by atoms with van der Waals surface area (Å²) in [5.74, 6) is -0.213. The zero-order valence-corrected chi connectivity index (χ0v) is 14.5. The molecule has 0 unspecified atom stereocenters. The molecule has 8 heteroatoms. The first-order valence-corrected chi connectivity index (χ1v) is 8.30. The van der Waals surface area contributed by atoms with Crippen LogP contribution < -0.4 is 25.6 Å². The van der Waals surface area contributed by atoms with E-state index in [1.807, 2.05) is 19.1 Å². The van der Waals surface area contributed by atoms with Crippen molar-refractivity contribution in [2.45, 2.75) is 19.4 Å². The van der Waals surface area contributed by atoms with Gasteiger partial charge in [0.1, 0.15) is 5.75 Å². The first-order chi connectivity index (χ1) is 12.0. The van der Waals surface area contributed by atoms with Gasteiger partial charge in [-0.25, -0.2) is 0 Å². The molecule has 136 valence electrons. The number of fused-ring (bicyclic) bond motifs is 1. The lowest BCUT2D eigenvalue weighted by molar-refractivity contribution is -0.128. The predicted molar refractivity (Wildman–Crippen MR) is 93.4 cm³/mol. The predicted octanol–water partition coefficient (Wildman–Crippen LogP) is -0.358. The molecule has 8 nitrogen and oxygen atoms in total. The number of ether oxygens (including phenoxy) is 1. The fraction of sp³-hybridized carbons (Fsp3) is 0.471. The van der Waals surface area contributed by atoms with Gasteiger partial charge in [-0.2, -0.15) is 0 Å². The van der Waals surface area contributed by atoms with E-state index in [4.69, 9.17) is 4.74 Å². The Morgan fingerprint density at radius 2 is 1.96 bits per heavy atom. The van der Waals surface area contributed by atoms with E-state index in [1.54, 1.807) is 17.0 Å². The molecule has 1 heterocycles. The summed E-state index contributed by atoms with van der Waals surface area (Å²) in [6.07, 6.45) is 0.144. The van der Waals surface area contributed by atoms with Crippen LogP contribution in [0.2, 0.25) is 0 Å². The number of para-hydroxylation sites is 2. The number of hydrogen-bond donors (Lipinski definition) is 3. The second-order valence-corrected chi connectivity index (χ2v) is 5.70. The molecule has 1 aliphatic heterocycles. The molecule has 25 heavy (non-hydrogen) atoms. The Morgan fingerprint density at radius 3 is 2.68 bits per heavy atom. The summed E-state index contributed by atoms with van der Waals surface area (Å²) < 4.78 is 5.69. The van der Waals surface area contributed by atoms with Crippen molar-refractivity contribution in [1.29, 1.82) is 0 Å². The number of amides is 3. The van der Waals surface area contributed by atoms with Crippen LogP contribution in [-0.4, -0.2) is 57.1 Å². The maximum Gasteiger partial charge on any atom is 0.262 e. The number of hydrogen-bond acceptors (Lipinski definition) is 5. The van der Waals surface area contributed by atoms with Crippen LogP contribution in [0.5, 0.6) is 5.75 Å². The molecule has 0 fully saturated rings. The summed E-state index contributed by atoms with van der Waals surface area (Å²) in [4.78, 5) is 37.4. The molecular formula is C17H24N4O4. The van der Waals surface area contributed by atoms with Crippen molar-refractivity contribution in [2.75, 3.05) is 38.1 Å². The van der Waals surface area contributed by atoms with E-state index in [9.17, 15) is 14.4 Å². The zero-order chi connectivity index (χ0) is 18.2. The van der Waals surface area contributed by atoms with Crippen molar-refractivity contribution in [2.24, 2.45) is 0 Å². The van der Waals surface area contributed by atoms with Gasteiger partial charge in [0.2, 0.25) is 11.8 Å². The minimum absolute atomic E-state index is 0.0366. The molecular weight excluding hydrogens is 324 g/mol. The van der Waals surface area contributed by atoms with Gasteiger partial charge in [0, 0.05) is 13.6 Å². The average molecular weight is 348 g/mol. The molecule has 0 saturated carbocycles. The number of carbonyl (C=O) groups excluding carboxylic acids is 3. The Bertz CT molecular complexity index is 635. The van der Waals surface area contributed by atoms with Crippen LogP contribution in [0.25, 0.3) is 0 Å². The summed E-state index contributed by atoms with van der Waals surface area (Å²) >= 11 is 0. The third-order valence-corrected chi connectivity index (χ3v) is 3.75. The Kier molecular flexibility index (Phi) is 6.62. The molecule has 0 aromatic heterocycles. The van der Waals surface area contributed by atoms with Crippen molar-refractivity contribution in [3.05, 3.63) is 24.3 Å². The lowest BCUT2D eigenvalue weighted by atomic mass is 10.1. The molecule has 1 aromatic rings.